The van der Waals surface area contributed by atoms with Crippen LogP contribution in [-0.4, -0.2) is 0 Å². The summed E-state index contributed by atoms with van der Waals surface area (Å²) < 4.78 is 6.78. The lowest BCUT2D eigenvalue weighted by Gasteiger charge is -2.10. The van der Waals surface area contributed by atoms with E-state index in [4.69, 9.17) is 0 Å². The number of rotatable bonds is 5. The molecule has 0 radical (unpaired) electrons. The Hall–Kier alpha value is -0.740. The van der Waals surface area contributed by atoms with Crippen LogP contribution in [0.2, 0.25) is 0 Å². The predicted octanol–water partition coefficient (Wildman–Crippen LogP) is 4.39. The van der Waals surface area contributed by atoms with Crippen LogP contribution in [0.5, 0.6) is 0 Å². The monoisotopic (exact) mass is 398 g/mol. The summed E-state index contributed by atoms with van der Waals surface area (Å²) in [5, 5.41) is 0. The van der Waals surface area contributed by atoms with Gasteiger partial charge >= 0.3 is 0 Å². The Morgan fingerprint density at radius 2 is 1.25 bits per heavy atom. The van der Waals surface area contributed by atoms with Crippen LogP contribution in [0.1, 0.15) is 38.8 Å². The van der Waals surface area contributed by atoms with E-state index in [-0.39, 0.29) is 0 Å². The van der Waals surface area contributed by atoms with E-state index in [0.29, 0.717) is 12.1 Å². The molecule has 2 aromatic heterocycles. The second kappa shape index (κ2) is 7.32. The number of hydrogen-bond acceptors (Lipinski definition) is 0. The Labute approximate surface area is 137 Å². The molecule has 2 rings (SSSR count). The van der Waals surface area contributed by atoms with Crippen molar-refractivity contribution in [2.24, 2.45) is 0 Å². The average Bonchev–Trinajstić information content (AvgIpc) is 2.44. The zero-order valence-corrected chi connectivity index (χ0v) is 15.0. The SMILES string of the molecule is C[C@@H](CC[C@H](C)[n+]1cccc(Br)c1)[n+]1cccc(Br)c1. The van der Waals surface area contributed by atoms with Crippen molar-refractivity contribution in [3.8, 4) is 0 Å². The maximum atomic E-state index is 3.52. The minimum atomic E-state index is 0.503. The molecule has 2 aromatic rings. The van der Waals surface area contributed by atoms with E-state index in [2.05, 4.69) is 104 Å². The second-order valence-corrected chi connectivity index (χ2v) is 7.05. The third kappa shape index (κ3) is 4.38. The fourth-order valence-corrected chi connectivity index (χ4v) is 3.03. The first-order valence-corrected chi connectivity index (χ1v) is 8.47. The molecule has 2 nitrogen and oxygen atoms in total. The van der Waals surface area contributed by atoms with Gasteiger partial charge in [-0.1, -0.05) is 0 Å². The third-order valence-electron chi connectivity index (χ3n) is 3.59. The van der Waals surface area contributed by atoms with Crippen molar-refractivity contribution >= 4 is 31.9 Å². The highest BCUT2D eigenvalue weighted by Gasteiger charge is 2.18. The Kier molecular flexibility index (Phi) is 5.73. The topological polar surface area (TPSA) is 7.76 Å². The number of hydrogen-bond donors (Lipinski definition) is 0. The fourth-order valence-electron chi connectivity index (χ4n) is 2.25. The van der Waals surface area contributed by atoms with Gasteiger partial charge < -0.3 is 0 Å². The lowest BCUT2D eigenvalue weighted by Crippen LogP contribution is -2.40. The second-order valence-electron chi connectivity index (χ2n) is 5.21. The molecule has 2 atom stereocenters. The van der Waals surface area contributed by atoms with E-state index >= 15 is 0 Å². The molecule has 0 aliphatic rings. The molecule has 0 unspecified atom stereocenters. The van der Waals surface area contributed by atoms with Gasteiger partial charge in [0.15, 0.2) is 36.9 Å². The van der Waals surface area contributed by atoms with Crippen LogP contribution in [0.3, 0.4) is 0 Å². The van der Waals surface area contributed by atoms with Gasteiger partial charge in [0.05, 0.1) is 8.95 Å². The Morgan fingerprint density at radius 3 is 1.60 bits per heavy atom. The largest absolute Gasteiger partial charge is 0.202 e. The fraction of sp³-hybridized carbons (Fsp3) is 0.375. The van der Waals surface area contributed by atoms with E-state index in [0.717, 1.165) is 21.8 Å². The van der Waals surface area contributed by atoms with Crippen molar-refractivity contribution in [3.63, 3.8) is 0 Å². The summed E-state index contributed by atoms with van der Waals surface area (Å²) in [5.41, 5.74) is 0. The number of halogens is 2. The molecule has 2 heterocycles. The van der Waals surface area contributed by atoms with Crippen LogP contribution < -0.4 is 9.13 Å². The molecule has 0 amide bonds. The first kappa shape index (κ1) is 15.6. The molecule has 0 saturated carbocycles. The van der Waals surface area contributed by atoms with E-state index in [9.17, 15) is 0 Å². The summed E-state index contributed by atoms with van der Waals surface area (Å²) in [6, 6.07) is 9.28. The van der Waals surface area contributed by atoms with Crippen LogP contribution in [0, 0.1) is 0 Å². The van der Waals surface area contributed by atoms with Crippen molar-refractivity contribution in [3.05, 3.63) is 58.0 Å². The highest BCUT2D eigenvalue weighted by atomic mass is 79.9. The van der Waals surface area contributed by atoms with E-state index < -0.39 is 0 Å². The standard InChI is InChI=1S/C16H20Br2N2/c1-13(19-9-3-5-15(17)11-19)7-8-14(2)20-10-4-6-16(18)12-20/h3-6,9-14H,7-8H2,1-2H3/q+2/t13-,14-/m0/s1. The summed E-state index contributed by atoms with van der Waals surface area (Å²) in [6.45, 7) is 4.54. The van der Waals surface area contributed by atoms with Gasteiger partial charge in [-0.25, -0.2) is 9.13 Å². The third-order valence-corrected chi connectivity index (χ3v) is 4.53. The molecule has 0 aliphatic heterocycles. The van der Waals surface area contributed by atoms with Crippen LogP contribution in [0.25, 0.3) is 0 Å². The molecule has 0 saturated heterocycles. The normalized spacial score (nSPS) is 14.0. The minimum absolute atomic E-state index is 0.503. The van der Waals surface area contributed by atoms with E-state index in [1.165, 1.54) is 0 Å². The maximum absolute atomic E-state index is 3.52. The first-order valence-electron chi connectivity index (χ1n) is 6.89. The molecular formula is C16H20Br2N2+2. The van der Waals surface area contributed by atoms with E-state index in [1.807, 2.05) is 0 Å². The molecule has 0 bridgehead atoms. The summed E-state index contributed by atoms with van der Waals surface area (Å²) in [5.74, 6) is 0. The predicted molar refractivity (Wildman–Crippen MR) is 87.3 cm³/mol. The van der Waals surface area contributed by atoms with Crippen LogP contribution in [0.4, 0.5) is 0 Å². The molecule has 20 heavy (non-hydrogen) atoms. The van der Waals surface area contributed by atoms with Crippen molar-refractivity contribution in [1.29, 1.82) is 0 Å². The number of pyridine rings is 2. The zero-order chi connectivity index (χ0) is 14.5. The van der Waals surface area contributed by atoms with Crippen molar-refractivity contribution in [2.75, 3.05) is 0 Å². The molecule has 106 valence electrons. The van der Waals surface area contributed by atoms with Crippen molar-refractivity contribution in [1.82, 2.24) is 0 Å². The van der Waals surface area contributed by atoms with Gasteiger partial charge in [0.1, 0.15) is 0 Å². The minimum Gasteiger partial charge on any atom is -0.202 e. The van der Waals surface area contributed by atoms with Crippen molar-refractivity contribution < 1.29 is 9.13 Å². The van der Waals surface area contributed by atoms with Gasteiger partial charge in [-0.05, 0) is 57.8 Å². The van der Waals surface area contributed by atoms with Gasteiger partial charge in [-0.3, -0.25) is 0 Å². The Bertz CT molecular complexity index is 520. The first-order chi connectivity index (χ1) is 9.56. The van der Waals surface area contributed by atoms with Crippen LogP contribution in [0.15, 0.2) is 58.0 Å². The highest BCUT2D eigenvalue weighted by molar-refractivity contribution is 9.10. The summed E-state index contributed by atoms with van der Waals surface area (Å²) in [6.07, 6.45) is 10.9. The highest BCUT2D eigenvalue weighted by Crippen LogP contribution is 2.14. The summed E-state index contributed by atoms with van der Waals surface area (Å²) in [4.78, 5) is 0. The van der Waals surface area contributed by atoms with E-state index in [1.54, 1.807) is 0 Å². The van der Waals surface area contributed by atoms with Gasteiger partial charge in [0, 0.05) is 25.0 Å². The number of aromatic nitrogens is 2. The lowest BCUT2D eigenvalue weighted by atomic mass is 10.1. The molecule has 0 aliphatic carbocycles. The maximum Gasteiger partial charge on any atom is 0.183 e. The van der Waals surface area contributed by atoms with Gasteiger partial charge in [0.2, 0.25) is 0 Å². The number of nitrogens with zero attached hydrogens (tertiary/aromatic N) is 2. The van der Waals surface area contributed by atoms with Gasteiger partial charge in [0.25, 0.3) is 0 Å². The quantitative estimate of drug-likeness (QED) is 0.658. The smallest absolute Gasteiger partial charge is 0.183 e. The molecular weight excluding hydrogens is 380 g/mol. The summed E-state index contributed by atoms with van der Waals surface area (Å²) in [7, 11) is 0. The molecule has 0 spiro atoms. The Morgan fingerprint density at radius 1 is 0.850 bits per heavy atom. The molecule has 0 N–H and O–H groups in total. The van der Waals surface area contributed by atoms with Gasteiger partial charge in [-0.15, -0.1) is 0 Å². The van der Waals surface area contributed by atoms with Crippen LogP contribution in [-0.2, 0) is 0 Å². The molecule has 0 fully saturated rings. The summed E-state index contributed by atoms with van der Waals surface area (Å²) >= 11 is 7.05. The lowest BCUT2D eigenvalue weighted by molar-refractivity contribution is -0.732. The molecule has 0 aromatic carbocycles. The van der Waals surface area contributed by atoms with Crippen molar-refractivity contribution in [2.45, 2.75) is 38.8 Å². The van der Waals surface area contributed by atoms with Crippen LogP contribution >= 0.6 is 31.9 Å². The molecule has 4 heteroatoms. The Balaban J connectivity index is 1.94. The zero-order valence-electron chi connectivity index (χ0n) is 11.8. The average molecular weight is 400 g/mol. The van der Waals surface area contributed by atoms with Gasteiger partial charge in [-0.2, -0.15) is 0 Å².